The second kappa shape index (κ2) is 8.12. The zero-order valence-corrected chi connectivity index (χ0v) is 12.2. The highest BCUT2D eigenvalue weighted by molar-refractivity contribution is 5.95. The predicted octanol–water partition coefficient (Wildman–Crippen LogP) is 0.152. The quantitative estimate of drug-likeness (QED) is 0.665. The minimum atomic E-state index is -0.395. The lowest BCUT2D eigenvalue weighted by molar-refractivity contribution is -0.121. The third kappa shape index (κ3) is 7.12. The molecular weight excluding hydrogens is 244 g/mol. The first-order chi connectivity index (χ1) is 8.97. The van der Waals surface area contributed by atoms with E-state index >= 15 is 0 Å². The van der Waals surface area contributed by atoms with Gasteiger partial charge in [0.05, 0.1) is 6.54 Å². The molecule has 3 N–H and O–H groups in total. The molecular formula is C13H26N4O2. The fourth-order valence-electron chi connectivity index (χ4n) is 2.04. The van der Waals surface area contributed by atoms with Crippen LogP contribution in [-0.2, 0) is 4.79 Å². The SMILES string of the molecule is CC(C)CCNC(=O)NC(=O)CN1CCN[C@@H](C)C1. The van der Waals surface area contributed by atoms with Crippen molar-refractivity contribution in [3.63, 3.8) is 0 Å². The first-order valence-corrected chi connectivity index (χ1v) is 7.00. The summed E-state index contributed by atoms with van der Waals surface area (Å²) in [5, 5.41) is 8.37. The van der Waals surface area contributed by atoms with Gasteiger partial charge in [-0.25, -0.2) is 4.79 Å². The van der Waals surface area contributed by atoms with Crippen LogP contribution in [0.3, 0.4) is 0 Å². The smallest absolute Gasteiger partial charge is 0.321 e. The maximum atomic E-state index is 11.7. The Hall–Kier alpha value is -1.14. The second-order valence-corrected chi connectivity index (χ2v) is 5.58. The van der Waals surface area contributed by atoms with Crippen molar-refractivity contribution in [3.05, 3.63) is 0 Å². The lowest BCUT2D eigenvalue weighted by Crippen LogP contribution is -2.53. The summed E-state index contributed by atoms with van der Waals surface area (Å²) in [4.78, 5) is 25.2. The molecule has 1 fully saturated rings. The number of amides is 3. The number of nitrogens with one attached hydrogen (secondary N) is 3. The highest BCUT2D eigenvalue weighted by Crippen LogP contribution is 1.98. The molecule has 0 aliphatic carbocycles. The van der Waals surface area contributed by atoms with Gasteiger partial charge in [-0.15, -0.1) is 0 Å². The van der Waals surface area contributed by atoms with E-state index in [0.29, 0.717) is 18.5 Å². The van der Waals surface area contributed by atoms with E-state index in [2.05, 4.69) is 41.6 Å². The number of urea groups is 1. The summed E-state index contributed by atoms with van der Waals surface area (Å²) in [6.07, 6.45) is 0.914. The summed E-state index contributed by atoms with van der Waals surface area (Å²) in [5.74, 6) is 0.300. The van der Waals surface area contributed by atoms with Gasteiger partial charge < -0.3 is 10.6 Å². The molecule has 1 aliphatic rings. The van der Waals surface area contributed by atoms with Gasteiger partial charge in [0.1, 0.15) is 0 Å². The highest BCUT2D eigenvalue weighted by atomic mass is 16.2. The predicted molar refractivity (Wildman–Crippen MR) is 74.9 cm³/mol. The molecule has 6 heteroatoms. The Labute approximate surface area is 115 Å². The third-order valence-corrected chi connectivity index (χ3v) is 3.08. The maximum absolute atomic E-state index is 11.7. The summed E-state index contributed by atoms with van der Waals surface area (Å²) >= 11 is 0. The van der Waals surface area contributed by atoms with E-state index in [1.165, 1.54) is 0 Å². The fourth-order valence-corrected chi connectivity index (χ4v) is 2.04. The van der Waals surface area contributed by atoms with Crippen molar-refractivity contribution < 1.29 is 9.59 Å². The lowest BCUT2D eigenvalue weighted by atomic mass is 10.1. The van der Waals surface area contributed by atoms with E-state index in [1.807, 2.05) is 0 Å². The average molecular weight is 270 g/mol. The van der Waals surface area contributed by atoms with Crippen LogP contribution in [0.4, 0.5) is 4.79 Å². The summed E-state index contributed by atoms with van der Waals surface area (Å²) in [5.41, 5.74) is 0. The fraction of sp³-hybridized carbons (Fsp3) is 0.846. The highest BCUT2D eigenvalue weighted by Gasteiger charge is 2.18. The molecule has 0 saturated carbocycles. The van der Waals surface area contributed by atoms with Gasteiger partial charge >= 0.3 is 6.03 Å². The average Bonchev–Trinajstić information content (AvgIpc) is 2.27. The van der Waals surface area contributed by atoms with Crippen LogP contribution in [0.15, 0.2) is 0 Å². The first kappa shape index (κ1) is 15.9. The van der Waals surface area contributed by atoms with Gasteiger partial charge in [-0.2, -0.15) is 0 Å². The Kier molecular flexibility index (Phi) is 6.80. The van der Waals surface area contributed by atoms with Gasteiger partial charge in [-0.3, -0.25) is 15.0 Å². The summed E-state index contributed by atoms with van der Waals surface area (Å²) in [7, 11) is 0. The maximum Gasteiger partial charge on any atom is 0.321 e. The van der Waals surface area contributed by atoms with Gasteiger partial charge in [0.15, 0.2) is 0 Å². The number of carbonyl (C=O) groups is 2. The molecule has 0 aromatic carbocycles. The molecule has 1 saturated heterocycles. The summed E-state index contributed by atoms with van der Waals surface area (Å²) in [6, 6.07) is -0.00440. The van der Waals surface area contributed by atoms with Crippen LogP contribution < -0.4 is 16.0 Å². The molecule has 19 heavy (non-hydrogen) atoms. The third-order valence-electron chi connectivity index (χ3n) is 3.08. The van der Waals surface area contributed by atoms with E-state index in [1.54, 1.807) is 0 Å². The molecule has 1 aliphatic heterocycles. The zero-order chi connectivity index (χ0) is 14.3. The second-order valence-electron chi connectivity index (χ2n) is 5.58. The van der Waals surface area contributed by atoms with E-state index in [0.717, 1.165) is 26.1 Å². The van der Waals surface area contributed by atoms with E-state index in [4.69, 9.17) is 0 Å². The normalized spacial score (nSPS) is 20.3. The van der Waals surface area contributed by atoms with E-state index < -0.39 is 6.03 Å². The van der Waals surface area contributed by atoms with E-state index in [-0.39, 0.29) is 12.5 Å². The molecule has 1 atom stereocenters. The molecule has 110 valence electrons. The number of hydrogen-bond donors (Lipinski definition) is 3. The molecule has 0 unspecified atom stereocenters. The van der Waals surface area contributed by atoms with Gasteiger partial charge in [-0.1, -0.05) is 13.8 Å². The topological polar surface area (TPSA) is 73.5 Å². The van der Waals surface area contributed by atoms with E-state index in [9.17, 15) is 9.59 Å². The number of imide groups is 1. The van der Waals surface area contributed by atoms with Crippen molar-refractivity contribution >= 4 is 11.9 Å². The molecule has 1 heterocycles. The Morgan fingerprint density at radius 1 is 1.42 bits per heavy atom. The van der Waals surface area contributed by atoms with Crippen LogP contribution in [0, 0.1) is 5.92 Å². The number of nitrogens with zero attached hydrogens (tertiary/aromatic N) is 1. The lowest BCUT2D eigenvalue weighted by Gasteiger charge is -2.31. The Balaban J connectivity index is 2.17. The molecule has 3 amide bonds. The van der Waals surface area contributed by atoms with Crippen molar-refractivity contribution in [3.8, 4) is 0 Å². The van der Waals surface area contributed by atoms with Crippen molar-refractivity contribution in [2.24, 2.45) is 5.92 Å². The molecule has 1 rings (SSSR count). The minimum absolute atomic E-state index is 0.240. The molecule has 0 aromatic heterocycles. The Morgan fingerprint density at radius 2 is 2.16 bits per heavy atom. The standard InChI is InChI=1S/C13H26N4O2/c1-10(2)4-5-15-13(19)16-12(18)9-17-7-6-14-11(3)8-17/h10-11,14H,4-9H2,1-3H3,(H2,15,16,18,19)/t11-/m0/s1. The van der Waals surface area contributed by atoms with Crippen LogP contribution in [0.25, 0.3) is 0 Å². The number of carbonyl (C=O) groups excluding carboxylic acids is 2. The molecule has 0 aromatic rings. The van der Waals surface area contributed by atoms with Crippen molar-refractivity contribution in [2.75, 3.05) is 32.7 Å². The van der Waals surface area contributed by atoms with Crippen LogP contribution in [-0.4, -0.2) is 55.6 Å². The Morgan fingerprint density at radius 3 is 2.79 bits per heavy atom. The molecule has 0 bridgehead atoms. The monoisotopic (exact) mass is 270 g/mol. The Bertz CT molecular complexity index is 307. The van der Waals surface area contributed by atoms with Gasteiger partial charge in [0.2, 0.25) is 5.91 Å². The van der Waals surface area contributed by atoms with Crippen LogP contribution in [0.1, 0.15) is 27.2 Å². The van der Waals surface area contributed by atoms with Crippen LogP contribution in [0.5, 0.6) is 0 Å². The zero-order valence-electron chi connectivity index (χ0n) is 12.2. The van der Waals surface area contributed by atoms with Crippen LogP contribution in [0.2, 0.25) is 0 Å². The molecule has 0 spiro atoms. The van der Waals surface area contributed by atoms with Gasteiger partial charge in [-0.05, 0) is 19.3 Å². The van der Waals surface area contributed by atoms with Crippen molar-refractivity contribution in [2.45, 2.75) is 33.2 Å². The largest absolute Gasteiger partial charge is 0.338 e. The number of hydrogen-bond acceptors (Lipinski definition) is 4. The first-order valence-electron chi connectivity index (χ1n) is 7.00. The summed E-state index contributed by atoms with van der Waals surface area (Å²) < 4.78 is 0. The number of piperazine rings is 1. The molecule has 6 nitrogen and oxygen atoms in total. The molecule has 0 radical (unpaired) electrons. The van der Waals surface area contributed by atoms with Gasteiger partial charge in [0, 0.05) is 32.2 Å². The summed E-state index contributed by atoms with van der Waals surface area (Å²) in [6.45, 7) is 9.71. The van der Waals surface area contributed by atoms with Crippen molar-refractivity contribution in [1.82, 2.24) is 20.9 Å². The number of rotatable bonds is 5. The van der Waals surface area contributed by atoms with Crippen molar-refractivity contribution in [1.29, 1.82) is 0 Å². The minimum Gasteiger partial charge on any atom is -0.338 e. The van der Waals surface area contributed by atoms with Crippen LogP contribution >= 0.6 is 0 Å². The van der Waals surface area contributed by atoms with Gasteiger partial charge in [0.25, 0.3) is 0 Å².